The van der Waals surface area contributed by atoms with Crippen molar-refractivity contribution in [2.75, 3.05) is 0 Å². The van der Waals surface area contributed by atoms with Gasteiger partial charge in [0.15, 0.2) is 0 Å². The summed E-state index contributed by atoms with van der Waals surface area (Å²) in [5.41, 5.74) is 8.05. The standard InChI is InChI=1S/C42H43N3Si/c1-7-19-37(20-8-1)31-43(32-38-21-9-2-10-22-38)46(44(33-39-23-11-3-12-24-39)34-40-25-13-4-14-26-40)45(35-41-27-15-5-16-28-41)36-42-29-17-6-18-30-42/h1-30,46H,31-36H2. The van der Waals surface area contributed by atoms with E-state index in [0.717, 1.165) is 39.3 Å². The molecule has 0 heterocycles. The van der Waals surface area contributed by atoms with E-state index in [1.165, 1.54) is 33.4 Å². The first-order valence-electron chi connectivity index (χ1n) is 16.3. The summed E-state index contributed by atoms with van der Waals surface area (Å²) < 4.78 is 8.42. The maximum atomic E-state index is 2.81. The quantitative estimate of drug-likeness (QED) is 0.107. The molecule has 0 radical (unpaired) electrons. The zero-order valence-electron chi connectivity index (χ0n) is 26.5. The third-order valence-corrected chi connectivity index (χ3v) is 11.4. The van der Waals surface area contributed by atoms with Gasteiger partial charge in [-0.05, 0) is 33.4 Å². The van der Waals surface area contributed by atoms with Gasteiger partial charge in [-0.15, -0.1) is 0 Å². The third-order valence-electron chi connectivity index (χ3n) is 8.35. The zero-order valence-corrected chi connectivity index (χ0v) is 27.6. The fourth-order valence-corrected chi connectivity index (χ4v) is 9.89. The third kappa shape index (κ3) is 9.22. The Balaban J connectivity index is 1.50. The lowest BCUT2D eigenvalue weighted by Gasteiger charge is -2.45. The molecule has 6 aromatic rings. The van der Waals surface area contributed by atoms with Crippen LogP contribution in [0.2, 0.25) is 0 Å². The van der Waals surface area contributed by atoms with E-state index in [1.807, 2.05) is 0 Å². The molecule has 4 heteroatoms. The molecule has 6 aromatic carbocycles. The summed E-state index contributed by atoms with van der Waals surface area (Å²) in [7, 11) is -2.10. The lowest BCUT2D eigenvalue weighted by molar-refractivity contribution is 0.240. The van der Waals surface area contributed by atoms with E-state index >= 15 is 0 Å². The van der Waals surface area contributed by atoms with Crippen LogP contribution in [0.5, 0.6) is 0 Å². The van der Waals surface area contributed by atoms with Crippen molar-refractivity contribution < 1.29 is 0 Å². The predicted octanol–water partition coefficient (Wildman–Crippen LogP) is 8.81. The van der Waals surface area contributed by atoms with Gasteiger partial charge in [0.2, 0.25) is 0 Å². The SMILES string of the molecule is c1ccc(CN(Cc2ccccc2)[SiH](N(Cc2ccccc2)Cc2ccccc2)N(Cc2ccccc2)Cc2ccccc2)cc1. The van der Waals surface area contributed by atoms with Crippen LogP contribution in [0.1, 0.15) is 33.4 Å². The fourth-order valence-electron chi connectivity index (χ4n) is 6.26. The monoisotopic (exact) mass is 617 g/mol. The van der Waals surface area contributed by atoms with Crippen molar-refractivity contribution in [3.05, 3.63) is 215 Å². The molecule has 3 nitrogen and oxygen atoms in total. The number of benzene rings is 6. The average molecular weight is 618 g/mol. The van der Waals surface area contributed by atoms with Crippen molar-refractivity contribution in [3.8, 4) is 0 Å². The molecule has 0 aliphatic heterocycles. The minimum absolute atomic E-state index is 0.882. The van der Waals surface area contributed by atoms with Gasteiger partial charge in [0.05, 0.1) is 0 Å². The first kappa shape index (κ1) is 31.4. The highest BCUT2D eigenvalue weighted by atomic mass is 28.3. The smallest absolute Gasteiger partial charge is 0.274 e. The van der Waals surface area contributed by atoms with Crippen LogP contribution in [0.25, 0.3) is 0 Å². The zero-order chi connectivity index (χ0) is 31.2. The van der Waals surface area contributed by atoms with Gasteiger partial charge in [-0.2, -0.15) is 0 Å². The van der Waals surface area contributed by atoms with Gasteiger partial charge in [-0.1, -0.05) is 182 Å². The summed E-state index contributed by atoms with van der Waals surface area (Å²) >= 11 is 0. The molecule has 0 atom stereocenters. The topological polar surface area (TPSA) is 9.72 Å². The molecule has 0 amide bonds. The second-order valence-electron chi connectivity index (χ2n) is 12.0. The maximum absolute atomic E-state index is 2.81. The first-order chi connectivity index (χ1) is 22.8. The Kier molecular flexibility index (Phi) is 11.4. The van der Waals surface area contributed by atoms with Crippen molar-refractivity contribution in [3.63, 3.8) is 0 Å². The highest BCUT2D eigenvalue weighted by Crippen LogP contribution is 2.24. The van der Waals surface area contributed by atoms with Crippen LogP contribution in [0, 0.1) is 0 Å². The number of nitrogens with zero attached hydrogens (tertiary/aromatic N) is 3. The molecular formula is C42H43N3Si. The Morgan fingerprint density at radius 2 is 0.391 bits per heavy atom. The molecule has 0 spiro atoms. The van der Waals surface area contributed by atoms with Gasteiger partial charge in [0.1, 0.15) is 0 Å². The normalized spacial score (nSPS) is 11.5. The van der Waals surface area contributed by atoms with Gasteiger partial charge in [-0.3, -0.25) is 13.7 Å². The molecule has 0 bridgehead atoms. The van der Waals surface area contributed by atoms with E-state index in [9.17, 15) is 0 Å². The van der Waals surface area contributed by atoms with E-state index in [1.54, 1.807) is 0 Å². The van der Waals surface area contributed by atoms with E-state index in [4.69, 9.17) is 0 Å². The second kappa shape index (κ2) is 16.6. The van der Waals surface area contributed by atoms with Gasteiger partial charge in [0.25, 0.3) is 9.28 Å². The molecule has 0 aromatic heterocycles. The second-order valence-corrected chi connectivity index (χ2v) is 14.9. The maximum Gasteiger partial charge on any atom is 0.274 e. The Labute approximate surface area is 276 Å². The summed E-state index contributed by atoms with van der Waals surface area (Å²) in [4.78, 5) is 0. The predicted molar refractivity (Wildman–Crippen MR) is 194 cm³/mol. The molecular weight excluding hydrogens is 575 g/mol. The molecule has 0 aliphatic carbocycles. The Morgan fingerprint density at radius 1 is 0.239 bits per heavy atom. The lowest BCUT2D eigenvalue weighted by Crippen LogP contribution is -2.61. The number of rotatable bonds is 15. The van der Waals surface area contributed by atoms with Crippen LogP contribution in [0.4, 0.5) is 0 Å². The van der Waals surface area contributed by atoms with E-state index in [-0.39, 0.29) is 0 Å². The molecule has 0 N–H and O–H groups in total. The van der Waals surface area contributed by atoms with Crippen molar-refractivity contribution in [1.82, 2.24) is 13.7 Å². The highest BCUT2D eigenvalue weighted by Gasteiger charge is 2.35. The van der Waals surface area contributed by atoms with E-state index in [2.05, 4.69) is 196 Å². The van der Waals surface area contributed by atoms with E-state index < -0.39 is 9.28 Å². The van der Waals surface area contributed by atoms with Gasteiger partial charge >= 0.3 is 0 Å². The Bertz CT molecular complexity index is 1350. The molecule has 0 saturated carbocycles. The first-order valence-corrected chi connectivity index (χ1v) is 17.8. The molecule has 46 heavy (non-hydrogen) atoms. The molecule has 230 valence electrons. The highest BCUT2D eigenvalue weighted by molar-refractivity contribution is 6.49. The van der Waals surface area contributed by atoms with Gasteiger partial charge in [0, 0.05) is 39.3 Å². The minimum Gasteiger partial charge on any atom is -0.294 e. The number of hydrogen-bond donors (Lipinski definition) is 0. The minimum atomic E-state index is -2.10. The van der Waals surface area contributed by atoms with Crippen molar-refractivity contribution in [1.29, 1.82) is 0 Å². The largest absolute Gasteiger partial charge is 0.294 e. The van der Waals surface area contributed by atoms with Crippen LogP contribution in [0.3, 0.4) is 0 Å². The van der Waals surface area contributed by atoms with E-state index in [0.29, 0.717) is 0 Å². The molecule has 0 unspecified atom stereocenters. The van der Waals surface area contributed by atoms with Gasteiger partial charge in [-0.25, -0.2) is 0 Å². The molecule has 0 saturated heterocycles. The molecule has 6 rings (SSSR count). The summed E-state index contributed by atoms with van der Waals surface area (Å²) in [6.07, 6.45) is 0. The number of hydrogen-bond acceptors (Lipinski definition) is 3. The van der Waals surface area contributed by atoms with Crippen LogP contribution >= 0.6 is 0 Å². The Hall–Kier alpha value is -4.58. The summed E-state index contributed by atoms with van der Waals surface area (Å²) in [5.74, 6) is 0. The Morgan fingerprint density at radius 3 is 0.543 bits per heavy atom. The summed E-state index contributed by atoms with van der Waals surface area (Å²) in [5, 5.41) is 0. The lowest BCUT2D eigenvalue weighted by atomic mass is 10.2. The van der Waals surface area contributed by atoms with Crippen molar-refractivity contribution in [2.24, 2.45) is 0 Å². The van der Waals surface area contributed by atoms with Crippen LogP contribution < -0.4 is 0 Å². The van der Waals surface area contributed by atoms with Crippen LogP contribution in [0.15, 0.2) is 182 Å². The summed E-state index contributed by atoms with van der Waals surface area (Å²) in [6, 6.07) is 66.1. The van der Waals surface area contributed by atoms with Crippen molar-refractivity contribution >= 4 is 9.28 Å². The van der Waals surface area contributed by atoms with Crippen LogP contribution in [-0.4, -0.2) is 23.0 Å². The molecule has 0 aliphatic rings. The van der Waals surface area contributed by atoms with Crippen LogP contribution in [-0.2, 0) is 39.3 Å². The molecule has 0 fully saturated rings. The average Bonchev–Trinajstić information content (AvgIpc) is 3.11. The van der Waals surface area contributed by atoms with Gasteiger partial charge < -0.3 is 0 Å². The summed E-state index contributed by atoms with van der Waals surface area (Å²) in [6.45, 7) is 5.29. The fraction of sp³-hybridized carbons (Fsp3) is 0.143. The van der Waals surface area contributed by atoms with Crippen molar-refractivity contribution in [2.45, 2.75) is 39.3 Å².